The number of rotatable bonds is 5. The Balaban J connectivity index is 2.16. The highest BCUT2D eigenvalue weighted by atomic mass is 35.5. The van der Waals surface area contributed by atoms with Crippen LogP contribution in [0, 0.1) is 5.41 Å². The summed E-state index contributed by atoms with van der Waals surface area (Å²) in [5, 5.41) is 0.857. The SMILES string of the molecule is CCC1(CC)CCN(c2cccc(Cl)c2CCN)CC1. The minimum absolute atomic E-state index is 0.559. The van der Waals surface area contributed by atoms with Gasteiger partial charge in [0, 0.05) is 23.8 Å². The summed E-state index contributed by atoms with van der Waals surface area (Å²) >= 11 is 6.36. The van der Waals surface area contributed by atoms with E-state index in [-0.39, 0.29) is 0 Å². The zero-order valence-electron chi connectivity index (χ0n) is 12.8. The molecule has 2 N–H and O–H groups in total. The lowest BCUT2D eigenvalue weighted by atomic mass is 9.74. The van der Waals surface area contributed by atoms with Gasteiger partial charge in [-0.25, -0.2) is 0 Å². The first-order chi connectivity index (χ1) is 9.65. The van der Waals surface area contributed by atoms with E-state index in [1.807, 2.05) is 6.07 Å². The molecule has 0 bridgehead atoms. The molecule has 2 nitrogen and oxygen atoms in total. The van der Waals surface area contributed by atoms with Gasteiger partial charge in [0.2, 0.25) is 0 Å². The van der Waals surface area contributed by atoms with Gasteiger partial charge >= 0.3 is 0 Å². The molecular weight excluding hydrogens is 268 g/mol. The van der Waals surface area contributed by atoms with Gasteiger partial charge in [-0.15, -0.1) is 0 Å². The molecule has 2 rings (SSSR count). The number of piperidine rings is 1. The second-order valence-corrected chi connectivity index (χ2v) is 6.38. The zero-order chi connectivity index (χ0) is 14.6. The Bertz CT molecular complexity index is 431. The molecule has 0 unspecified atom stereocenters. The van der Waals surface area contributed by atoms with Crippen molar-refractivity contribution in [1.82, 2.24) is 0 Å². The van der Waals surface area contributed by atoms with E-state index in [9.17, 15) is 0 Å². The van der Waals surface area contributed by atoms with Crippen LogP contribution in [0.5, 0.6) is 0 Å². The summed E-state index contributed by atoms with van der Waals surface area (Å²) in [7, 11) is 0. The molecule has 1 aromatic carbocycles. The Hall–Kier alpha value is -0.730. The van der Waals surface area contributed by atoms with Crippen molar-refractivity contribution in [3.8, 4) is 0 Å². The largest absolute Gasteiger partial charge is 0.371 e. The van der Waals surface area contributed by atoms with Crippen LogP contribution in [0.25, 0.3) is 0 Å². The van der Waals surface area contributed by atoms with Crippen LogP contribution in [0.15, 0.2) is 18.2 Å². The third-order valence-corrected chi connectivity index (χ3v) is 5.51. The van der Waals surface area contributed by atoms with E-state index in [4.69, 9.17) is 17.3 Å². The summed E-state index contributed by atoms with van der Waals surface area (Å²) in [6, 6.07) is 6.23. The highest BCUT2D eigenvalue weighted by Crippen LogP contribution is 2.40. The van der Waals surface area contributed by atoms with Crippen molar-refractivity contribution >= 4 is 17.3 Å². The molecule has 0 atom stereocenters. The fraction of sp³-hybridized carbons (Fsp3) is 0.647. The van der Waals surface area contributed by atoms with Crippen molar-refractivity contribution in [3.05, 3.63) is 28.8 Å². The minimum Gasteiger partial charge on any atom is -0.371 e. The van der Waals surface area contributed by atoms with Gasteiger partial charge in [0.05, 0.1) is 0 Å². The minimum atomic E-state index is 0.559. The number of hydrogen-bond acceptors (Lipinski definition) is 2. The maximum Gasteiger partial charge on any atom is 0.0459 e. The van der Waals surface area contributed by atoms with Crippen molar-refractivity contribution < 1.29 is 0 Å². The molecule has 0 spiro atoms. The van der Waals surface area contributed by atoms with Gasteiger partial charge in [-0.3, -0.25) is 0 Å². The van der Waals surface area contributed by atoms with Gasteiger partial charge < -0.3 is 10.6 Å². The Kier molecular flexibility index (Phi) is 5.34. The normalized spacial score (nSPS) is 18.3. The van der Waals surface area contributed by atoms with Gasteiger partial charge in [-0.1, -0.05) is 44.4 Å². The molecule has 3 heteroatoms. The second-order valence-electron chi connectivity index (χ2n) is 5.97. The van der Waals surface area contributed by atoms with Crippen molar-refractivity contribution in [2.75, 3.05) is 24.5 Å². The molecule has 1 saturated heterocycles. The summed E-state index contributed by atoms with van der Waals surface area (Å²) in [4.78, 5) is 2.50. The van der Waals surface area contributed by atoms with Gasteiger partial charge in [0.15, 0.2) is 0 Å². The summed E-state index contributed by atoms with van der Waals surface area (Å²) in [5.41, 5.74) is 8.81. The number of benzene rings is 1. The van der Waals surface area contributed by atoms with Crippen LogP contribution >= 0.6 is 11.6 Å². The smallest absolute Gasteiger partial charge is 0.0459 e. The van der Waals surface area contributed by atoms with E-state index in [1.165, 1.54) is 36.9 Å². The number of halogens is 1. The molecule has 1 aliphatic rings. The first kappa shape index (κ1) is 15.7. The number of anilines is 1. The summed E-state index contributed by atoms with van der Waals surface area (Å²) < 4.78 is 0. The fourth-order valence-corrected chi connectivity index (χ4v) is 3.68. The second kappa shape index (κ2) is 6.82. The molecule has 1 fully saturated rings. The van der Waals surface area contributed by atoms with Crippen LogP contribution in [0.3, 0.4) is 0 Å². The maximum absolute atomic E-state index is 6.36. The monoisotopic (exact) mass is 294 g/mol. The third kappa shape index (κ3) is 3.12. The number of nitrogens with zero attached hydrogens (tertiary/aromatic N) is 1. The van der Waals surface area contributed by atoms with Crippen molar-refractivity contribution in [1.29, 1.82) is 0 Å². The lowest BCUT2D eigenvalue weighted by molar-refractivity contribution is 0.199. The molecule has 0 amide bonds. The van der Waals surface area contributed by atoms with Gasteiger partial charge in [0.1, 0.15) is 0 Å². The third-order valence-electron chi connectivity index (χ3n) is 5.15. The number of nitrogens with two attached hydrogens (primary N) is 1. The van der Waals surface area contributed by atoms with Crippen LogP contribution in [0.1, 0.15) is 45.1 Å². The van der Waals surface area contributed by atoms with Gasteiger partial charge in [-0.2, -0.15) is 0 Å². The average molecular weight is 295 g/mol. The van der Waals surface area contributed by atoms with Gasteiger partial charge in [-0.05, 0) is 48.9 Å². The number of hydrogen-bond donors (Lipinski definition) is 1. The molecule has 112 valence electrons. The summed E-state index contributed by atoms with van der Waals surface area (Å²) in [6.45, 7) is 7.59. The lowest BCUT2D eigenvalue weighted by Gasteiger charge is -2.42. The fourth-order valence-electron chi connectivity index (χ4n) is 3.41. The van der Waals surface area contributed by atoms with Crippen LogP contribution < -0.4 is 10.6 Å². The maximum atomic E-state index is 6.36. The first-order valence-corrected chi connectivity index (χ1v) is 8.26. The average Bonchev–Trinajstić information content (AvgIpc) is 2.50. The van der Waals surface area contributed by atoms with Gasteiger partial charge in [0.25, 0.3) is 0 Å². The predicted octanol–water partition coefficient (Wildman–Crippen LogP) is 4.25. The molecular formula is C17H27ClN2. The van der Waals surface area contributed by atoms with Crippen LogP contribution in [0.2, 0.25) is 5.02 Å². The summed E-state index contributed by atoms with van der Waals surface area (Å²) in [6.07, 6.45) is 6.02. The highest BCUT2D eigenvalue weighted by molar-refractivity contribution is 6.31. The van der Waals surface area contributed by atoms with E-state index in [0.717, 1.165) is 24.5 Å². The molecule has 0 radical (unpaired) electrons. The highest BCUT2D eigenvalue weighted by Gasteiger charge is 2.31. The van der Waals surface area contributed by atoms with Crippen LogP contribution in [0.4, 0.5) is 5.69 Å². The topological polar surface area (TPSA) is 29.3 Å². The Morgan fingerprint density at radius 2 is 1.85 bits per heavy atom. The lowest BCUT2D eigenvalue weighted by Crippen LogP contribution is -2.40. The molecule has 0 aliphatic carbocycles. The van der Waals surface area contributed by atoms with Crippen molar-refractivity contribution in [2.45, 2.75) is 46.0 Å². The first-order valence-electron chi connectivity index (χ1n) is 7.88. The van der Waals surface area contributed by atoms with E-state index in [0.29, 0.717) is 12.0 Å². The predicted molar refractivity (Wildman–Crippen MR) is 88.7 cm³/mol. The van der Waals surface area contributed by atoms with E-state index < -0.39 is 0 Å². The standard InChI is InChI=1S/C17H27ClN2/c1-3-17(4-2)9-12-20(13-10-17)16-7-5-6-15(18)14(16)8-11-19/h5-7H,3-4,8-13,19H2,1-2H3. The van der Waals surface area contributed by atoms with Crippen LogP contribution in [-0.2, 0) is 6.42 Å². The van der Waals surface area contributed by atoms with Crippen molar-refractivity contribution in [2.24, 2.45) is 11.1 Å². The van der Waals surface area contributed by atoms with E-state index in [2.05, 4.69) is 30.9 Å². The Morgan fingerprint density at radius 1 is 1.20 bits per heavy atom. The quantitative estimate of drug-likeness (QED) is 0.880. The Morgan fingerprint density at radius 3 is 2.40 bits per heavy atom. The van der Waals surface area contributed by atoms with E-state index in [1.54, 1.807) is 0 Å². The molecule has 1 aromatic rings. The molecule has 1 heterocycles. The van der Waals surface area contributed by atoms with Crippen molar-refractivity contribution in [3.63, 3.8) is 0 Å². The Labute approximate surface area is 128 Å². The molecule has 1 aliphatic heterocycles. The molecule has 20 heavy (non-hydrogen) atoms. The summed E-state index contributed by atoms with van der Waals surface area (Å²) in [5.74, 6) is 0. The van der Waals surface area contributed by atoms with Crippen LogP contribution in [-0.4, -0.2) is 19.6 Å². The molecule has 0 saturated carbocycles. The van der Waals surface area contributed by atoms with E-state index >= 15 is 0 Å². The molecule has 0 aromatic heterocycles. The zero-order valence-corrected chi connectivity index (χ0v) is 13.5.